The molecule has 1 aromatic carbocycles. The lowest BCUT2D eigenvalue weighted by atomic mass is 9.91. The number of hydrogen-bond donors (Lipinski definition) is 3. The van der Waals surface area contributed by atoms with Crippen molar-refractivity contribution >= 4 is 16.7 Å². The largest absolute Gasteiger partial charge is 0.394 e. The zero-order valence-electron chi connectivity index (χ0n) is 17.5. The fourth-order valence-electron chi connectivity index (χ4n) is 3.64. The van der Waals surface area contributed by atoms with Crippen LogP contribution in [0.3, 0.4) is 0 Å². The summed E-state index contributed by atoms with van der Waals surface area (Å²) in [6.07, 6.45) is 0. The molecule has 30 heavy (non-hydrogen) atoms. The maximum atomic E-state index is 12.6. The molecule has 4 rings (SSSR count). The second-order valence-corrected chi connectivity index (χ2v) is 8.28. The van der Waals surface area contributed by atoms with Crippen molar-refractivity contribution in [3.63, 3.8) is 0 Å². The second kappa shape index (κ2) is 7.10. The molecule has 9 heteroatoms. The number of nitrogens with two attached hydrogens (primary N) is 1. The van der Waals surface area contributed by atoms with Gasteiger partial charge in [-0.2, -0.15) is 10.2 Å². The van der Waals surface area contributed by atoms with Crippen molar-refractivity contribution in [1.82, 2.24) is 29.5 Å². The van der Waals surface area contributed by atoms with Crippen LogP contribution in [-0.4, -0.2) is 41.2 Å². The Bertz CT molecular complexity index is 1290. The average Bonchev–Trinajstić information content (AvgIpc) is 3.22. The number of nitrogen functional groups attached to an aromatic ring is 1. The zero-order valence-corrected chi connectivity index (χ0v) is 17.5. The summed E-state index contributed by atoms with van der Waals surface area (Å²) in [7, 11) is 1.88. The first kappa shape index (κ1) is 19.8. The molecule has 9 nitrogen and oxygen atoms in total. The van der Waals surface area contributed by atoms with E-state index < -0.39 is 0 Å². The Morgan fingerprint density at radius 1 is 1.20 bits per heavy atom. The van der Waals surface area contributed by atoms with E-state index in [4.69, 9.17) is 5.73 Å². The van der Waals surface area contributed by atoms with E-state index >= 15 is 0 Å². The van der Waals surface area contributed by atoms with E-state index in [1.807, 2.05) is 23.9 Å². The summed E-state index contributed by atoms with van der Waals surface area (Å²) in [6.45, 7) is 6.42. The van der Waals surface area contributed by atoms with Crippen molar-refractivity contribution in [2.24, 2.45) is 7.05 Å². The molecular formula is C21H25N7O2. The topological polar surface area (TPSA) is 128 Å². The molecule has 0 aliphatic rings. The number of anilines is 1. The predicted molar refractivity (Wildman–Crippen MR) is 116 cm³/mol. The fourth-order valence-corrected chi connectivity index (χ4v) is 3.64. The lowest BCUT2D eigenvalue weighted by Gasteiger charge is -2.17. The third-order valence-electron chi connectivity index (χ3n) is 5.04. The summed E-state index contributed by atoms with van der Waals surface area (Å²) in [5.74, 6) is 0.624. The molecule has 3 aromatic heterocycles. The first-order valence-electron chi connectivity index (χ1n) is 9.72. The van der Waals surface area contributed by atoms with Crippen molar-refractivity contribution in [2.45, 2.75) is 32.7 Å². The average molecular weight is 407 g/mol. The Morgan fingerprint density at radius 2 is 1.93 bits per heavy atom. The number of H-pyrrole nitrogens is 1. The number of hydrogen-bond acceptors (Lipinski definition) is 6. The van der Waals surface area contributed by atoms with Crippen LogP contribution in [0.1, 0.15) is 26.5 Å². The summed E-state index contributed by atoms with van der Waals surface area (Å²) >= 11 is 0. The molecule has 0 aliphatic carbocycles. The normalized spacial score (nSPS) is 12.0. The number of fused-ring (bicyclic) bond motifs is 1. The monoisotopic (exact) mass is 407 g/mol. The van der Waals surface area contributed by atoms with E-state index in [2.05, 4.69) is 40.9 Å². The fraction of sp³-hybridized carbons (Fsp3) is 0.333. The van der Waals surface area contributed by atoms with Gasteiger partial charge in [-0.25, -0.2) is 9.67 Å². The molecular weight excluding hydrogens is 382 g/mol. The molecule has 0 saturated carbocycles. The maximum absolute atomic E-state index is 12.6. The number of benzene rings is 1. The second-order valence-electron chi connectivity index (χ2n) is 8.28. The first-order chi connectivity index (χ1) is 14.2. The van der Waals surface area contributed by atoms with Gasteiger partial charge in [0.1, 0.15) is 23.0 Å². The molecule has 0 unspecified atom stereocenters. The molecule has 0 atom stereocenters. The van der Waals surface area contributed by atoms with Gasteiger partial charge in [0.15, 0.2) is 0 Å². The predicted octanol–water partition coefficient (Wildman–Crippen LogP) is 2.06. The molecule has 4 N–H and O–H groups in total. The number of aromatic nitrogens is 6. The van der Waals surface area contributed by atoms with Crippen molar-refractivity contribution in [1.29, 1.82) is 0 Å². The highest BCUT2D eigenvalue weighted by Crippen LogP contribution is 2.35. The standard InChI is InChI=1S/C21H25N7O2/c1-21(2,3)15-11-14(25-27(15)4)17-16(18(22)28(26-17)9-10-29)19-23-13-8-6-5-7-12(13)20(30)24-19/h5-8,11,29H,9-10,22H2,1-4H3,(H,23,24,30). The van der Waals surface area contributed by atoms with Crippen LogP contribution < -0.4 is 11.3 Å². The highest BCUT2D eigenvalue weighted by atomic mass is 16.3. The summed E-state index contributed by atoms with van der Waals surface area (Å²) in [4.78, 5) is 20.1. The van der Waals surface area contributed by atoms with Gasteiger partial charge in [0, 0.05) is 18.2 Å². The minimum absolute atomic E-state index is 0.116. The van der Waals surface area contributed by atoms with Crippen LogP contribution in [0.15, 0.2) is 35.1 Å². The molecule has 0 bridgehead atoms. The number of para-hydroxylation sites is 1. The van der Waals surface area contributed by atoms with E-state index in [1.54, 1.807) is 18.2 Å². The molecule has 3 heterocycles. The van der Waals surface area contributed by atoms with Gasteiger partial charge in [-0.05, 0) is 18.2 Å². The number of rotatable bonds is 4. The molecule has 0 spiro atoms. The van der Waals surface area contributed by atoms with Crippen molar-refractivity contribution < 1.29 is 5.11 Å². The van der Waals surface area contributed by atoms with Gasteiger partial charge in [0.25, 0.3) is 5.56 Å². The van der Waals surface area contributed by atoms with Gasteiger partial charge in [-0.3, -0.25) is 9.48 Å². The number of aryl methyl sites for hydroxylation is 1. The minimum atomic E-state index is -0.257. The van der Waals surface area contributed by atoms with E-state index in [-0.39, 0.29) is 24.1 Å². The molecule has 4 aromatic rings. The van der Waals surface area contributed by atoms with Gasteiger partial charge in [-0.15, -0.1) is 0 Å². The Balaban J connectivity index is 1.98. The summed E-state index contributed by atoms with van der Waals surface area (Å²) in [6, 6.07) is 9.08. The summed E-state index contributed by atoms with van der Waals surface area (Å²) < 4.78 is 3.32. The molecule has 0 saturated heterocycles. The number of nitrogens with one attached hydrogen (secondary N) is 1. The third-order valence-corrected chi connectivity index (χ3v) is 5.04. The smallest absolute Gasteiger partial charge is 0.259 e. The number of aliphatic hydroxyl groups is 1. The first-order valence-corrected chi connectivity index (χ1v) is 9.72. The van der Waals surface area contributed by atoms with Crippen molar-refractivity contribution in [2.75, 3.05) is 12.3 Å². The van der Waals surface area contributed by atoms with Crippen LogP contribution in [0.2, 0.25) is 0 Å². The van der Waals surface area contributed by atoms with E-state index in [0.717, 1.165) is 5.69 Å². The van der Waals surface area contributed by atoms with Crippen molar-refractivity contribution in [3.05, 3.63) is 46.4 Å². The Morgan fingerprint density at radius 3 is 2.60 bits per heavy atom. The van der Waals surface area contributed by atoms with E-state index in [0.29, 0.717) is 39.5 Å². The number of aliphatic hydroxyl groups excluding tert-OH is 1. The SMILES string of the molecule is Cn1nc(-c2nn(CCO)c(N)c2-c2nc3ccccc3c(=O)[nH]2)cc1C(C)(C)C. The van der Waals surface area contributed by atoms with Gasteiger partial charge >= 0.3 is 0 Å². The minimum Gasteiger partial charge on any atom is -0.394 e. The lowest BCUT2D eigenvalue weighted by Crippen LogP contribution is -2.16. The van der Waals surface area contributed by atoms with Crippen LogP contribution in [0, 0.1) is 0 Å². The summed E-state index contributed by atoms with van der Waals surface area (Å²) in [5, 5.41) is 19.1. The Kier molecular flexibility index (Phi) is 4.70. The summed E-state index contributed by atoms with van der Waals surface area (Å²) in [5.41, 5.74) is 9.21. The Hall–Kier alpha value is -3.46. The molecule has 0 fully saturated rings. The Labute approximate surface area is 173 Å². The zero-order chi connectivity index (χ0) is 21.6. The van der Waals surface area contributed by atoms with E-state index in [9.17, 15) is 9.90 Å². The van der Waals surface area contributed by atoms with Crippen LogP contribution in [0.5, 0.6) is 0 Å². The highest BCUT2D eigenvalue weighted by molar-refractivity contribution is 5.87. The number of aromatic amines is 1. The lowest BCUT2D eigenvalue weighted by molar-refractivity contribution is 0.270. The number of nitrogens with zero attached hydrogens (tertiary/aromatic N) is 5. The molecule has 0 amide bonds. The van der Waals surface area contributed by atoms with Gasteiger partial charge in [-0.1, -0.05) is 32.9 Å². The van der Waals surface area contributed by atoms with Crippen LogP contribution in [0.25, 0.3) is 33.7 Å². The van der Waals surface area contributed by atoms with Crippen molar-refractivity contribution in [3.8, 4) is 22.8 Å². The van der Waals surface area contributed by atoms with Crippen LogP contribution in [0.4, 0.5) is 5.82 Å². The molecule has 156 valence electrons. The van der Waals surface area contributed by atoms with Gasteiger partial charge < -0.3 is 15.8 Å². The molecule has 0 radical (unpaired) electrons. The van der Waals surface area contributed by atoms with Gasteiger partial charge in [0.2, 0.25) is 0 Å². The van der Waals surface area contributed by atoms with Crippen LogP contribution in [-0.2, 0) is 19.0 Å². The quantitative estimate of drug-likeness (QED) is 0.475. The van der Waals surface area contributed by atoms with Gasteiger partial charge in [0.05, 0.1) is 29.6 Å². The molecule has 0 aliphatic heterocycles. The maximum Gasteiger partial charge on any atom is 0.259 e. The van der Waals surface area contributed by atoms with Crippen LogP contribution >= 0.6 is 0 Å². The van der Waals surface area contributed by atoms with E-state index in [1.165, 1.54) is 4.68 Å². The third kappa shape index (κ3) is 3.26. The highest BCUT2D eigenvalue weighted by Gasteiger charge is 2.26.